The zero-order chi connectivity index (χ0) is 13.0. The maximum absolute atomic E-state index is 12.1. The van der Waals surface area contributed by atoms with Gasteiger partial charge in [0.25, 0.3) is 0 Å². The Kier molecular flexibility index (Phi) is 3.72. The monoisotopic (exact) mass is 241 g/mol. The van der Waals surface area contributed by atoms with Gasteiger partial charge in [0.2, 0.25) is 0 Å². The largest absolute Gasteiger partial charge is 0.496 e. The van der Waals surface area contributed by atoms with Gasteiger partial charge in [0, 0.05) is 17.5 Å². The normalized spacial score (nSPS) is 10.1. The lowest BCUT2D eigenvalue weighted by atomic mass is 10.0. The van der Waals surface area contributed by atoms with E-state index >= 15 is 0 Å². The first-order chi connectivity index (χ1) is 8.70. The third-order valence-electron chi connectivity index (χ3n) is 2.80. The van der Waals surface area contributed by atoms with Crippen LogP contribution in [-0.4, -0.2) is 17.9 Å². The zero-order valence-corrected chi connectivity index (χ0v) is 10.5. The number of hydrogen-bond donors (Lipinski definition) is 0. The van der Waals surface area contributed by atoms with Crippen LogP contribution in [-0.2, 0) is 6.42 Å². The SMILES string of the molecule is COc1cc(C(=O)Cc2ccccn2)ccc1C. The number of Topliss-reactive ketones (excluding diaryl/α,β-unsaturated/α-hetero) is 1. The highest BCUT2D eigenvalue weighted by Crippen LogP contribution is 2.19. The number of methoxy groups -OCH3 is 1. The van der Waals surface area contributed by atoms with E-state index in [-0.39, 0.29) is 5.78 Å². The summed E-state index contributed by atoms with van der Waals surface area (Å²) in [5, 5.41) is 0. The smallest absolute Gasteiger partial charge is 0.168 e. The third-order valence-corrected chi connectivity index (χ3v) is 2.80. The Hall–Kier alpha value is -2.16. The number of pyridine rings is 1. The van der Waals surface area contributed by atoms with Gasteiger partial charge in [0.05, 0.1) is 13.5 Å². The van der Waals surface area contributed by atoms with Gasteiger partial charge in [-0.1, -0.05) is 18.2 Å². The lowest BCUT2D eigenvalue weighted by Crippen LogP contribution is -2.05. The molecule has 0 radical (unpaired) electrons. The topological polar surface area (TPSA) is 39.2 Å². The minimum absolute atomic E-state index is 0.0481. The van der Waals surface area contributed by atoms with Crippen LogP contribution >= 0.6 is 0 Å². The van der Waals surface area contributed by atoms with Crippen molar-refractivity contribution in [2.45, 2.75) is 13.3 Å². The molecule has 2 rings (SSSR count). The maximum Gasteiger partial charge on any atom is 0.168 e. The molecular weight excluding hydrogens is 226 g/mol. The highest BCUT2D eigenvalue weighted by molar-refractivity contribution is 5.97. The number of carbonyl (C=O) groups is 1. The average molecular weight is 241 g/mol. The van der Waals surface area contributed by atoms with Gasteiger partial charge < -0.3 is 4.74 Å². The summed E-state index contributed by atoms with van der Waals surface area (Å²) in [6, 6.07) is 11.1. The summed E-state index contributed by atoms with van der Waals surface area (Å²) < 4.78 is 5.22. The van der Waals surface area contributed by atoms with E-state index in [0.717, 1.165) is 17.0 Å². The van der Waals surface area contributed by atoms with E-state index in [4.69, 9.17) is 4.74 Å². The Morgan fingerprint density at radius 2 is 2.11 bits per heavy atom. The number of rotatable bonds is 4. The third kappa shape index (κ3) is 2.74. The van der Waals surface area contributed by atoms with Crippen molar-refractivity contribution in [2.75, 3.05) is 7.11 Å². The second kappa shape index (κ2) is 5.45. The summed E-state index contributed by atoms with van der Waals surface area (Å²) >= 11 is 0. The van der Waals surface area contributed by atoms with Crippen LogP contribution in [0, 0.1) is 6.92 Å². The molecule has 3 heteroatoms. The highest BCUT2D eigenvalue weighted by Gasteiger charge is 2.09. The number of hydrogen-bond acceptors (Lipinski definition) is 3. The standard InChI is InChI=1S/C15H15NO2/c1-11-6-7-12(9-15(11)18-2)14(17)10-13-5-3-4-8-16-13/h3-9H,10H2,1-2H3. The van der Waals surface area contributed by atoms with E-state index in [1.807, 2.05) is 37.3 Å². The molecule has 0 atom stereocenters. The van der Waals surface area contributed by atoms with Crippen LogP contribution in [0.25, 0.3) is 0 Å². The van der Waals surface area contributed by atoms with Gasteiger partial charge in [-0.3, -0.25) is 9.78 Å². The Bertz CT molecular complexity index is 550. The molecule has 1 aromatic heterocycles. The Morgan fingerprint density at radius 3 is 2.78 bits per heavy atom. The van der Waals surface area contributed by atoms with E-state index in [0.29, 0.717) is 12.0 Å². The van der Waals surface area contributed by atoms with E-state index in [1.165, 1.54) is 0 Å². The van der Waals surface area contributed by atoms with Gasteiger partial charge in [0.15, 0.2) is 5.78 Å². The van der Waals surface area contributed by atoms with Crippen LogP contribution < -0.4 is 4.74 Å². The van der Waals surface area contributed by atoms with Crippen LogP contribution in [0.2, 0.25) is 0 Å². The maximum atomic E-state index is 12.1. The number of ketones is 1. The molecule has 92 valence electrons. The molecule has 0 saturated heterocycles. The molecule has 0 aliphatic rings. The predicted octanol–water partition coefficient (Wildman–Crippen LogP) is 2.82. The highest BCUT2D eigenvalue weighted by atomic mass is 16.5. The van der Waals surface area contributed by atoms with Crippen molar-refractivity contribution in [3.63, 3.8) is 0 Å². The van der Waals surface area contributed by atoms with Crippen molar-refractivity contribution in [1.29, 1.82) is 0 Å². The molecule has 0 N–H and O–H groups in total. The molecule has 0 fully saturated rings. The van der Waals surface area contributed by atoms with Crippen molar-refractivity contribution in [3.05, 3.63) is 59.4 Å². The predicted molar refractivity (Wildman–Crippen MR) is 70.0 cm³/mol. The molecule has 3 nitrogen and oxygen atoms in total. The van der Waals surface area contributed by atoms with Crippen molar-refractivity contribution in [2.24, 2.45) is 0 Å². The zero-order valence-electron chi connectivity index (χ0n) is 10.5. The molecule has 18 heavy (non-hydrogen) atoms. The van der Waals surface area contributed by atoms with Crippen molar-refractivity contribution >= 4 is 5.78 Å². The first kappa shape index (κ1) is 12.3. The fraction of sp³-hybridized carbons (Fsp3) is 0.200. The van der Waals surface area contributed by atoms with Crippen molar-refractivity contribution in [1.82, 2.24) is 4.98 Å². The van der Waals surface area contributed by atoms with Gasteiger partial charge in [-0.25, -0.2) is 0 Å². The van der Waals surface area contributed by atoms with Crippen LogP contribution in [0.3, 0.4) is 0 Å². The van der Waals surface area contributed by atoms with Gasteiger partial charge in [-0.15, -0.1) is 0 Å². The number of aryl methyl sites for hydroxylation is 1. The molecular formula is C15H15NO2. The molecule has 0 unspecified atom stereocenters. The Labute approximate surface area is 106 Å². The van der Waals surface area contributed by atoms with E-state index in [9.17, 15) is 4.79 Å². The summed E-state index contributed by atoms with van der Waals surface area (Å²) in [7, 11) is 1.61. The lowest BCUT2D eigenvalue weighted by Gasteiger charge is -2.07. The number of aromatic nitrogens is 1. The first-order valence-corrected chi connectivity index (χ1v) is 5.78. The lowest BCUT2D eigenvalue weighted by molar-refractivity contribution is 0.0991. The molecule has 0 amide bonds. The summed E-state index contributed by atoms with van der Waals surface area (Å²) in [6.07, 6.45) is 2.01. The molecule has 2 aromatic rings. The summed E-state index contributed by atoms with van der Waals surface area (Å²) in [5.41, 5.74) is 2.46. The van der Waals surface area contributed by atoms with E-state index in [2.05, 4.69) is 4.98 Å². The van der Waals surface area contributed by atoms with E-state index < -0.39 is 0 Å². The second-order valence-electron chi connectivity index (χ2n) is 4.11. The molecule has 1 heterocycles. The number of nitrogens with zero attached hydrogens (tertiary/aromatic N) is 1. The van der Waals surface area contributed by atoms with Crippen LogP contribution in [0.5, 0.6) is 5.75 Å². The van der Waals surface area contributed by atoms with Crippen LogP contribution in [0.1, 0.15) is 21.6 Å². The number of carbonyl (C=O) groups excluding carboxylic acids is 1. The van der Waals surface area contributed by atoms with Crippen LogP contribution in [0.4, 0.5) is 0 Å². The number of benzene rings is 1. The molecule has 0 aliphatic heterocycles. The molecule has 0 saturated carbocycles. The Balaban J connectivity index is 2.19. The summed E-state index contributed by atoms with van der Waals surface area (Å²) in [4.78, 5) is 16.3. The van der Waals surface area contributed by atoms with Gasteiger partial charge in [0.1, 0.15) is 5.75 Å². The van der Waals surface area contributed by atoms with Gasteiger partial charge in [-0.2, -0.15) is 0 Å². The Morgan fingerprint density at radius 1 is 1.28 bits per heavy atom. The van der Waals surface area contributed by atoms with Gasteiger partial charge in [-0.05, 0) is 30.7 Å². The van der Waals surface area contributed by atoms with Crippen molar-refractivity contribution in [3.8, 4) is 5.75 Å². The number of ether oxygens (including phenoxy) is 1. The summed E-state index contributed by atoms with van der Waals surface area (Å²) in [5.74, 6) is 0.786. The van der Waals surface area contributed by atoms with E-state index in [1.54, 1.807) is 19.4 Å². The van der Waals surface area contributed by atoms with Gasteiger partial charge >= 0.3 is 0 Å². The first-order valence-electron chi connectivity index (χ1n) is 5.78. The quantitative estimate of drug-likeness (QED) is 0.773. The fourth-order valence-electron chi connectivity index (χ4n) is 1.76. The molecule has 0 bridgehead atoms. The molecule has 1 aromatic carbocycles. The minimum atomic E-state index is 0.0481. The summed E-state index contributed by atoms with van der Waals surface area (Å²) in [6.45, 7) is 1.95. The second-order valence-corrected chi connectivity index (χ2v) is 4.11. The van der Waals surface area contributed by atoms with Crippen LogP contribution in [0.15, 0.2) is 42.6 Å². The molecule has 0 spiro atoms. The fourth-order valence-corrected chi connectivity index (χ4v) is 1.76. The average Bonchev–Trinajstić information content (AvgIpc) is 2.40. The minimum Gasteiger partial charge on any atom is -0.496 e. The van der Waals surface area contributed by atoms with Crippen molar-refractivity contribution < 1.29 is 9.53 Å². The molecule has 0 aliphatic carbocycles.